The molecule has 4 nitrogen and oxygen atoms in total. The number of isocyanates is 1. The van der Waals surface area contributed by atoms with Crippen molar-refractivity contribution in [1.82, 2.24) is 0 Å². The fourth-order valence-corrected chi connectivity index (χ4v) is 2.99. The van der Waals surface area contributed by atoms with Crippen molar-refractivity contribution >= 4 is 6.08 Å². The third-order valence-electron chi connectivity index (χ3n) is 4.02. The Labute approximate surface area is 125 Å². The maximum Gasteiger partial charge on any atom is 0.416 e. The molecule has 1 aliphatic rings. The van der Waals surface area contributed by atoms with Gasteiger partial charge in [-0.15, -0.1) is 0 Å². The molecule has 1 aromatic rings. The fraction of sp³-hybridized carbons (Fsp3) is 0.533. The van der Waals surface area contributed by atoms with Crippen molar-refractivity contribution in [1.29, 1.82) is 0 Å². The lowest BCUT2D eigenvalue weighted by atomic mass is 9.85. The predicted molar refractivity (Wildman–Crippen MR) is 72.8 cm³/mol. The molecule has 0 unspecified atom stereocenters. The van der Waals surface area contributed by atoms with Crippen LogP contribution in [0.3, 0.4) is 0 Å². The van der Waals surface area contributed by atoms with Gasteiger partial charge in [-0.1, -0.05) is 12.8 Å². The third-order valence-corrected chi connectivity index (χ3v) is 4.02. The largest absolute Gasteiger partial charge is 0.493 e. The van der Waals surface area contributed by atoms with Crippen molar-refractivity contribution < 1.29 is 27.4 Å². The van der Waals surface area contributed by atoms with Crippen LogP contribution in [0.4, 0.5) is 13.2 Å². The lowest BCUT2D eigenvalue weighted by molar-refractivity contribution is -0.138. The second-order valence-electron chi connectivity index (χ2n) is 5.19. The van der Waals surface area contributed by atoms with Gasteiger partial charge in [0.25, 0.3) is 0 Å². The number of hydrogen-bond acceptors (Lipinski definition) is 4. The molecule has 0 saturated heterocycles. The highest BCUT2D eigenvalue weighted by atomic mass is 19.4. The molecule has 0 N–H and O–H groups in total. The molecule has 0 heterocycles. The van der Waals surface area contributed by atoms with E-state index >= 15 is 0 Å². The molecule has 0 spiro atoms. The lowest BCUT2D eigenvalue weighted by Gasteiger charge is -2.27. The zero-order chi connectivity index (χ0) is 16.4. The number of aliphatic imine (C=N–C) groups is 1. The maximum atomic E-state index is 13.4. The summed E-state index contributed by atoms with van der Waals surface area (Å²) < 4.78 is 50.3. The topological polar surface area (TPSA) is 47.9 Å². The number of ether oxygens (including phenoxy) is 2. The normalized spacial score (nSPS) is 17.0. The van der Waals surface area contributed by atoms with Gasteiger partial charge < -0.3 is 9.47 Å². The zero-order valence-corrected chi connectivity index (χ0v) is 12.3. The van der Waals surface area contributed by atoms with E-state index < -0.39 is 17.3 Å². The van der Waals surface area contributed by atoms with E-state index in [4.69, 9.17) is 9.47 Å². The van der Waals surface area contributed by atoms with Crippen LogP contribution in [0.5, 0.6) is 11.5 Å². The van der Waals surface area contributed by atoms with Crippen LogP contribution < -0.4 is 9.47 Å². The van der Waals surface area contributed by atoms with Gasteiger partial charge >= 0.3 is 6.18 Å². The Morgan fingerprint density at radius 2 is 1.68 bits per heavy atom. The Morgan fingerprint density at radius 3 is 2.14 bits per heavy atom. The van der Waals surface area contributed by atoms with E-state index in [1.165, 1.54) is 26.4 Å². The number of halogens is 3. The first-order valence-corrected chi connectivity index (χ1v) is 6.80. The number of alkyl halides is 3. The first kappa shape index (κ1) is 16.4. The predicted octanol–water partition coefficient (Wildman–Crippen LogP) is 3.83. The summed E-state index contributed by atoms with van der Waals surface area (Å²) in [4.78, 5) is 14.5. The van der Waals surface area contributed by atoms with Crippen molar-refractivity contribution in [2.45, 2.75) is 37.4 Å². The molecule has 2 rings (SSSR count). The summed E-state index contributed by atoms with van der Waals surface area (Å²) in [6.07, 6.45) is -0.989. The molecule has 7 heteroatoms. The zero-order valence-electron chi connectivity index (χ0n) is 12.3. The van der Waals surface area contributed by atoms with Gasteiger partial charge in [-0.3, -0.25) is 0 Å². The third kappa shape index (κ3) is 2.81. The van der Waals surface area contributed by atoms with Crippen LogP contribution in [-0.2, 0) is 16.5 Å². The van der Waals surface area contributed by atoms with Gasteiger partial charge in [0, 0.05) is 0 Å². The Kier molecular flexibility index (Phi) is 4.47. The second-order valence-corrected chi connectivity index (χ2v) is 5.19. The molecule has 1 aliphatic carbocycles. The van der Waals surface area contributed by atoms with Crippen LogP contribution in [0.2, 0.25) is 0 Å². The van der Waals surface area contributed by atoms with Gasteiger partial charge in [0.2, 0.25) is 6.08 Å². The molecule has 0 bridgehead atoms. The van der Waals surface area contributed by atoms with Gasteiger partial charge in [-0.25, -0.2) is 4.79 Å². The first-order valence-electron chi connectivity index (χ1n) is 6.80. The van der Waals surface area contributed by atoms with Crippen LogP contribution >= 0.6 is 0 Å². The molecule has 0 aromatic heterocycles. The summed E-state index contributed by atoms with van der Waals surface area (Å²) >= 11 is 0. The van der Waals surface area contributed by atoms with E-state index in [0.717, 1.165) is 6.07 Å². The number of methoxy groups -OCH3 is 2. The van der Waals surface area contributed by atoms with Crippen LogP contribution in [0, 0.1) is 0 Å². The monoisotopic (exact) mass is 315 g/mol. The molecule has 0 radical (unpaired) electrons. The van der Waals surface area contributed by atoms with Crippen molar-refractivity contribution in [2.75, 3.05) is 14.2 Å². The molecule has 1 saturated carbocycles. The van der Waals surface area contributed by atoms with Gasteiger partial charge in [0.15, 0.2) is 11.5 Å². The summed E-state index contributed by atoms with van der Waals surface area (Å²) in [7, 11) is 2.62. The number of rotatable bonds is 4. The second kappa shape index (κ2) is 6.01. The number of benzene rings is 1. The van der Waals surface area contributed by atoms with Crippen LogP contribution in [0.25, 0.3) is 0 Å². The van der Waals surface area contributed by atoms with Crippen molar-refractivity contribution in [3.63, 3.8) is 0 Å². The minimum Gasteiger partial charge on any atom is -0.493 e. The summed E-state index contributed by atoms with van der Waals surface area (Å²) in [6.45, 7) is 0. The molecule has 0 atom stereocenters. The van der Waals surface area contributed by atoms with Gasteiger partial charge in [-0.05, 0) is 30.5 Å². The molecule has 0 amide bonds. The molecule has 120 valence electrons. The molecule has 1 fully saturated rings. The Balaban J connectivity index is 2.74. The lowest BCUT2D eigenvalue weighted by Crippen LogP contribution is -2.24. The maximum absolute atomic E-state index is 13.4. The van der Waals surface area contributed by atoms with Gasteiger partial charge in [-0.2, -0.15) is 18.2 Å². The van der Waals surface area contributed by atoms with E-state index in [9.17, 15) is 18.0 Å². The number of carbonyl (C=O) groups excluding carboxylic acids is 1. The summed E-state index contributed by atoms with van der Waals surface area (Å²) in [6, 6.07) is 2.17. The summed E-state index contributed by atoms with van der Waals surface area (Å²) in [5.74, 6) is 0.166. The highest BCUT2D eigenvalue weighted by molar-refractivity contribution is 5.52. The summed E-state index contributed by atoms with van der Waals surface area (Å²) in [5, 5.41) is 0. The van der Waals surface area contributed by atoms with Crippen molar-refractivity contribution in [2.24, 2.45) is 4.99 Å². The van der Waals surface area contributed by atoms with E-state index in [2.05, 4.69) is 4.99 Å². The highest BCUT2D eigenvalue weighted by Crippen LogP contribution is 2.49. The molecule has 1 aromatic carbocycles. The molecule has 22 heavy (non-hydrogen) atoms. The quantitative estimate of drug-likeness (QED) is 0.627. The van der Waals surface area contributed by atoms with Crippen LogP contribution in [-0.4, -0.2) is 20.3 Å². The fourth-order valence-electron chi connectivity index (χ4n) is 2.99. The SMILES string of the molecule is COc1cc(C(F)(F)F)c(C2(N=C=O)CCCC2)cc1OC. The van der Waals surface area contributed by atoms with E-state index in [1.807, 2.05) is 0 Å². The van der Waals surface area contributed by atoms with Crippen molar-refractivity contribution in [3.8, 4) is 11.5 Å². The number of hydrogen-bond donors (Lipinski definition) is 0. The van der Waals surface area contributed by atoms with Gasteiger partial charge in [0.1, 0.15) is 0 Å². The van der Waals surface area contributed by atoms with Gasteiger partial charge in [0.05, 0.1) is 25.3 Å². The Morgan fingerprint density at radius 1 is 1.14 bits per heavy atom. The summed E-state index contributed by atoms with van der Waals surface area (Å²) in [5.41, 5.74) is -2.10. The smallest absolute Gasteiger partial charge is 0.416 e. The Bertz CT molecular complexity index is 601. The molecular weight excluding hydrogens is 299 g/mol. The molecular formula is C15H16F3NO3. The van der Waals surface area contributed by atoms with Crippen molar-refractivity contribution in [3.05, 3.63) is 23.3 Å². The minimum atomic E-state index is -4.58. The van der Waals surface area contributed by atoms with E-state index in [1.54, 1.807) is 0 Å². The average Bonchev–Trinajstić information content (AvgIpc) is 2.95. The van der Waals surface area contributed by atoms with E-state index in [-0.39, 0.29) is 17.1 Å². The first-order chi connectivity index (χ1) is 10.4. The minimum absolute atomic E-state index is 0.0122. The Hall–Kier alpha value is -2.01. The van der Waals surface area contributed by atoms with Crippen LogP contribution in [0.15, 0.2) is 17.1 Å². The van der Waals surface area contributed by atoms with E-state index in [0.29, 0.717) is 25.7 Å². The van der Waals surface area contributed by atoms with Crippen LogP contribution in [0.1, 0.15) is 36.8 Å². The average molecular weight is 315 g/mol. The molecule has 0 aliphatic heterocycles. The number of nitrogens with zero attached hydrogens (tertiary/aromatic N) is 1. The highest BCUT2D eigenvalue weighted by Gasteiger charge is 2.44. The standard InChI is InChI=1S/C15H16F3NO3/c1-21-12-7-10(14(19-9-20)5-3-4-6-14)11(15(16,17)18)8-13(12)22-2/h7-8H,3-6H2,1-2H3.